The van der Waals surface area contributed by atoms with Gasteiger partial charge in [0.1, 0.15) is 5.75 Å². The Labute approximate surface area is 137 Å². The number of ether oxygens (including phenoxy) is 2. The average Bonchev–Trinajstić information content (AvgIpc) is 3.04. The van der Waals surface area contributed by atoms with Crippen molar-refractivity contribution >= 4 is 16.0 Å². The third kappa shape index (κ3) is 4.03. The molecule has 0 radical (unpaired) electrons. The number of methoxy groups -OCH3 is 2. The second-order valence-corrected chi connectivity index (χ2v) is 7.71. The standard InChI is InChI=1S/C16H23NO5S/c1-12(16(18)22-3)11-23(19,20)17-10-4-5-15(17)13-6-8-14(21-2)9-7-13/h6-9,12,15H,4-5,10-11H2,1-3H3/t12-,15-/m0/s1. The van der Waals surface area contributed by atoms with E-state index in [4.69, 9.17) is 4.74 Å². The minimum Gasteiger partial charge on any atom is -0.497 e. The zero-order chi connectivity index (χ0) is 17.0. The van der Waals surface area contributed by atoms with E-state index in [1.165, 1.54) is 11.4 Å². The number of esters is 1. The maximum absolute atomic E-state index is 12.7. The second kappa shape index (κ2) is 7.31. The smallest absolute Gasteiger partial charge is 0.309 e. The van der Waals surface area contributed by atoms with Crippen LogP contribution < -0.4 is 4.74 Å². The third-order valence-electron chi connectivity index (χ3n) is 4.13. The summed E-state index contributed by atoms with van der Waals surface area (Å²) in [5.41, 5.74) is 0.942. The quantitative estimate of drug-likeness (QED) is 0.740. The van der Waals surface area contributed by atoms with Crippen LogP contribution in [-0.4, -0.2) is 45.2 Å². The van der Waals surface area contributed by atoms with Crippen molar-refractivity contribution in [2.24, 2.45) is 5.92 Å². The zero-order valence-corrected chi connectivity index (χ0v) is 14.5. The first-order valence-electron chi connectivity index (χ1n) is 7.60. The molecular weight excluding hydrogens is 318 g/mol. The van der Waals surface area contributed by atoms with Gasteiger partial charge in [0.15, 0.2) is 0 Å². The summed E-state index contributed by atoms with van der Waals surface area (Å²) in [6.45, 7) is 2.05. The Kier molecular flexibility index (Phi) is 5.64. The normalized spacial score (nSPS) is 20.2. The summed E-state index contributed by atoms with van der Waals surface area (Å²) in [6.07, 6.45) is 1.58. The van der Waals surface area contributed by atoms with Crippen LogP contribution in [0, 0.1) is 5.92 Å². The Hall–Kier alpha value is -1.60. The van der Waals surface area contributed by atoms with E-state index in [2.05, 4.69) is 4.74 Å². The summed E-state index contributed by atoms with van der Waals surface area (Å²) < 4.78 is 36.6. The molecule has 0 saturated carbocycles. The van der Waals surface area contributed by atoms with E-state index in [9.17, 15) is 13.2 Å². The minimum atomic E-state index is -3.53. The molecule has 0 amide bonds. The molecule has 7 heteroatoms. The van der Waals surface area contributed by atoms with Crippen LogP contribution in [0.4, 0.5) is 0 Å². The van der Waals surface area contributed by atoms with Crippen LogP contribution in [-0.2, 0) is 19.6 Å². The zero-order valence-electron chi connectivity index (χ0n) is 13.7. The number of carbonyl (C=O) groups excluding carboxylic acids is 1. The lowest BCUT2D eigenvalue weighted by Crippen LogP contribution is -2.36. The molecule has 128 valence electrons. The van der Waals surface area contributed by atoms with Crippen molar-refractivity contribution < 1.29 is 22.7 Å². The van der Waals surface area contributed by atoms with Crippen molar-refractivity contribution in [2.75, 3.05) is 26.5 Å². The van der Waals surface area contributed by atoms with Crippen LogP contribution in [0.1, 0.15) is 31.4 Å². The second-order valence-electron chi connectivity index (χ2n) is 5.74. The van der Waals surface area contributed by atoms with Crippen LogP contribution in [0.5, 0.6) is 5.75 Å². The molecule has 1 aliphatic heterocycles. The van der Waals surface area contributed by atoms with Crippen LogP contribution >= 0.6 is 0 Å². The number of sulfonamides is 1. The van der Waals surface area contributed by atoms with Gasteiger partial charge in [0.2, 0.25) is 10.0 Å². The summed E-state index contributed by atoms with van der Waals surface area (Å²) >= 11 is 0. The Morgan fingerprint density at radius 1 is 1.30 bits per heavy atom. The molecule has 0 aromatic heterocycles. The lowest BCUT2D eigenvalue weighted by molar-refractivity contribution is -0.144. The molecule has 0 bridgehead atoms. The van der Waals surface area contributed by atoms with E-state index in [1.807, 2.05) is 24.3 Å². The number of benzene rings is 1. The number of carbonyl (C=O) groups is 1. The van der Waals surface area contributed by atoms with E-state index in [0.29, 0.717) is 6.54 Å². The van der Waals surface area contributed by atoms with Gasteiger partial charge in [0.05, 0.1) is 25.9 Å². The predicted molar refractivity (Wildman–Crippen MR) is 86.6 cm³/mol. The largest absolute Gasteiger partial charge is 0.497 e. The molecule has 1 aliphatic rings. The van der Waals surface area contributed by atoms with E-state index < -0.39 is 21.9 Å². The molecule has 1 fully saturated rings. The summed E-state index contributed by atoms with van der Waals surface area (Å²) in [5.74, 6) is -0.678. The van der Waals surface area contributed by atoms with Gasteiger partial charge < -0.3 is 9.47 Å². The Morgan fingerprint density at radius 3 is 2.52 bits per heavy atom. The lowest BCUT2D eigenvalue weighted by Gasteiger charge is -2.25. The molecule has 23 heavy (non-hydrogen) atoms. The summed E-state index contributed by atoms with van der Waals surface area (Å²) in [4.78, 5) is 11.5. The van der Waals surface area contributed by atoms with E-state index in [0.717, 1.165) is 24.2 Å². The van der Waals surface area contributed by atoms with Gasteiger partial charge in [-0.1, -0.05) is 19.1 Å². The molecule has 1 saturated heterocycles. The highest BCUT2D eigenvalue weighted by atomic mass is 32.2. The topological polar surface area (TPSA) is 72.9 Å². The first-order chi connectivity index (χ1) is 10.9. The van der Waals surface area contributed by atoms with Gasteiger partial charge in [0.25, 0.3) is 0 Å². The Morgan fingerprint density at radius 2 is 1.96 bits per heavy atom. The van der Waals surface area contributed by atoms with Gasteiger partial charge in [-0.2, -0.15) is 4.31 Å². The molecule has 0 N–H and O–H groups in total. The molecule has 0 aliphatic carbocycles. The van der Waals surface area contributed by atoms with Crippen LogP contribution in [0.2, 0.25) is 0 Å². The highest BCUT2D eigenvalue weighted by molar-refractivity contribution is 7.89. The Bertz CT molecular complexity index is 641. The maximum Gasteiger partial charge on any atom is 0.309 e. The fourth-order valence-corrected chi connectivity index (χ4v) is 4.89. The monoisotopic (exact) mass is 341 g/mol. The van der Waals surface area contributed by atoms with Gasteiger partial charge in [-0.25, -0.2) is 8.42 Å². The third-order valence-corrected chi connectivity index (χ3v) is 6.20. The maximum atomic E-state index is 12.7. The first-order valence-corrected chi connectivity index (χ1v) is 9.21. The summed E-state index contributed by atoms with van der Waals surface area (Å²) in [6, 6.07) is 7.25. The SMILES string of the molecule is COC(=O)[C@@H](C)CS(=O)(=O)N1CCC[C@H]1c1ccc(OC)cc1. The van der Waals surface area contributed by atoms with Crippen molar-refractivity contribution in [1.29, 1.82) is 0 Å². The van der Waals surface area contributed by atoms with Gasteiger partial charge in [-0.3, -0.25) is 4.79 Å². The molecule has 0 spiro atoms. The summed E-state index contributed by atoms with van der Waals surface area (Å²) in [5, 5.41) is 0. The van der Waals surface area contributed by atoms with Crippen molar-refractivity contribution in [2.45, 2.75) is 25.8 Å². The minimum absolute atomic E-state index is 0.184. The van der Waals surface area contributed by atoms with E-state index >= 15 is 0 Å². The van der Waals surface area contributed by atoms with Gasteiger partial charge >= 0.3 is 5.97 Å². The molecule has 2 atom stereocenters. The molecule has 6 nitrogen and oxygen atoms in total. The first kappa shape index (κ1) is 17.7. The van der Waals surface area contributed by atoms with Crippen LogP contribution in [0.3, 0.4) is 0 Å². The molecule has 1 aromatic carbocycles. The molecule has 1 heterocycles. The number of rotatable bonds is 6. The van der Waals surface area contributed by atoms with Crippen molar-refractivity contribution in [3.63, 3.8) is 0 Å². The highest BCUT2D eigenvalue weighted by Crippen LogP contribution is 2.35. The van der Waals surface area contributed by atoms with Gasteiger partial charge in [-0.05, 0) is 30.5 Å². The Balaban J connectivity index is 2.18. The fraction of sp³-hybridized carbons (Fsp3) is 0.562. The van der Waals surface area contributed by atoms with E-state index in [-0.39, 0.29) is 11.8 Å². The highest BCUT2D eigenvalue weighted by Gasteiger charge is 2.36. The van der Waals surface area contributed by atoms with Crippen molar-refractivity contribution in [3.8, 4) is 5.75 Å². The molecule has 0 unspecified atom stereocenters. The fourth-order valence-electron chi connectivity index (χ4n) is 2.91. The van der Waals surface area contributed by atoms with Crippen LogP contribution in [0.25, 0.3) is 0 Å². The molecule has 2 rings (SSSR count). The number of hydrogen-bond donors (Lipinski definition) is 0. The average molecular weight is 341 g/mol. The van der Waals surface area contributed by atoms with Crippen molar-refractivity contribution in [1.82, 2.24) is 4.31 Å². The lowest BCUT2D eigenvalue weighted by atomic mass is 10.1. The predicted octanol–water partition coefficient (Wildman–Crippen LogP) is 1.97. The summed E-state index contributed by atoms with van der Waals surface area (Å²) in [7, 11) is -0.668. The van der Waals surface area contributed by atoms with Crippen LogP contribution in [0.15, 0.2) is 24.3 Å². The van der Waals surface area contributed by atoms with Crippen molar-refractivity contribution in [3.05, 3.63) is 29.8 Å². The number of hydrogen-bond acceptors (Lipinski definition) is 5. The van der Waals surface area contributed by atoms with Gasteiger partial charge in [0, 0.05) is 12.6 Å². The number of nitrogens with zero attached hydrogens (tertiary/aromatic N) is 1. The molecular formula is C16H23NO5S. The van der Waals surface area contributed by atoms with E-state index in [1.54, 1.807) is 14.0 Å². The van der Waals surface area contributed by atoms with Gasteiger partial charge in [-0.15, -0.1) is 0 Å². The molecule has 1 aromatic rings.